The van der Waals surface area contributed by atoms with Crippen molar-refractivity contribution in [2.24, 2.45) is 5.92 Å². The molecule has 99 valence electrons. The molecule has 1 radical (unpaired) electrons. The third-order valence-electron chi connectivity index (χ3n) is 3.80. The van der Waals surface area contributed by atoms with Crippen LogP contribution in [0.4, 0.5) is 0 Å². The highest BCUT2D eigenvalue weighted by molar-refractivity contribution is 7.71. The van der Waals surface area contributed by atoms with Gasteiger partial charge in [-0.25, -0.2) is 8.42 Å². The molecule has 1 aliphatic carbocycles. The van der Waals surface area contributed by atoms with Gasteiger partial charge in [-0.2, -0.15) is 0 Å². The first kappa shape index (κ1) is 13.9. The van der Waals surface area contributed by atoms with Crippen LogP contribution in [0.5, 0.6) is 0 Å². The number of thiol groups is 1. The zero-order valence-electron chi connectivity index (χ0n) is 10.3. The van der Waals surface area contributed by atoms with E-state index in [4.69, 9.17) is 11.6 Å². The van der Waals surface area contributed by atoms with Crippen molar-refractivity contribution in [2.45, 2.75) is 37.4 Å². The van der Waals surface area contributed by atoms with Crippen molar-refractivity contribution in [3.05, 3.63) is 41.3 Å². The van der Waals surface area contributed by atoms with Crippen LogP contribution in [-0.4, -0.2) is 8.42 Å². The Morgan fingerprint density at radius 2 is 2.11 bits per heavy atom. The van der Waals surface area contributed by atoms with Crippen molar-refractivity contribution >= 4 is 22.3 Å². The predicted molar refractivity (Wildman–Crippen MR) is 75.5 cm³/mol. The van der Waals surface area contributed by atoms with Crippen LogP contribution in [0.15, 0.2) is 18.2 Å². The van der Waals surface area contributed by atoms with E-state index >= 15 is 0 Å². The molecule has 0 amide bonds. The summed E-state index contributed by atoms with van der Waals surface area (Å²) in [4.78, 5) is 0. The molecule has 2 atom stereocenters. The maximum absolute atomic E-state index is 10.7. The van der Waals surface area contributed by atoms with Gasteiger partial charge in [-0.05, 0) is 48.3 Å². The first-order valence-electron chi connectivity index (χ1n) is 6.29. The molecule has 2 rings (SSSR count). The number of hydrogen-bond acceptors (Lipinski definition) is 2. The van der Waals surface area contributed by atoms with Crippen LogP contribution in [0, 0.1) is 12.8 Å². The second kappa shape index (κ2) is 6.07. The fourth-order valence-electron chi connectivity index (χ4n) is 2.72. The van der Waals surface area contributed by atoms with E-state index in [9.17, 15) is 8.42 Å². The van der Waals surface area contributed by atoms with Crippen LogP contribution < -0.4 is 0 Å². The Morgan fingerprint density at radius 1 is 1.33 bits per heavy atom. The maximum atomic E-state index is 10.7. The molecule has 1 fully saturated rings. The van der Waals surface area contributed by atoms with E-state index in [2.05, 4.69) is 6.92 Å². The summed E-state index contributed by atoms with van der Waals surface area (Å²) in [6, 6.07) is 5.81. The fourth-order valence-corrected chi connectivity index (χ4v) is 3.63. The van der Waals surface area contributed by atoms with Crippen LogP contribution in [0.25, 0.3) is 0 Å². The van der Waals surface area contributed by atoms with E-state index in [1.165, 1.54) is 24.8 Å². The molecule has 2 unspecified atom stereocenters. The normalized spacial score (nSPS) is 23.7. The quantitative estimate of drug-likeness (QED) is 0.859. The minimum atomic E-state index is -2.42. The third kappa shape index (κ3) is 3.27. The standard InChI is InChI=1S/C14H18ClO2S/c1-2-10-3-4-11(7-10)12-5-6-13(9-18(16)17)14(15)8-12/h5-6,8,10-11,18H,1-4,7,9H2. The second-order valence-electron chi connectivity index (χ2n) is 5.01. The Kier molecular flexibility index (Phi) is 4.68. The van der Waals surface area contributed by atoms with Gasteiger partial charge in [-0.1, -0.05) is 37.1 Å². The van der Waals surface area contributed by atoms with Crippen LogP contribution >= 0.6 is 11.6 Å². The topological polar surface area (TPSA) is 34.1 Å². The fraction of sp³-hybridized carbons (Fsp3) is 0.500. The molecule has 1 aliphatic rings. The lowest BCUT2D eigenvalue weighted by atomic mass is 9.95. The SMILES string of the molecule is [CH2]CC1CCC(c2ccc(C[SH](=O)=O)c(Cl)c2)C1. The molecule has 0 aliphatic heterocycles. The summed E-state index contributed by atoms with van der Waals surface area (Å²) in [6.45, 7) is 3.97. The highest BCUT2D eigenvalue weighted by atomic mass is 35.5. The van der Waals surface area contributed by atoms with Gasteiger partial charge in [0.1, 0.15) is 10.7 Å². The molecule has 18 heavy (non-hydrogen) atoms. The largest absolute Gasteiger partial charge is 0.232 e. The average molecular weight is 286 g/mol. The van der Waals surface area contributed by atoms with Crippen LogP contribution in [0.2, 0.25) is 5.02 Å². The molecule has 4 heteroatoms. The number of benzene rings is 1. The van der Waals surface area contributed by atoms with Gasteiger partial charge in [0.05, 0.1) is 5.75 Å². The summed E-state index contributed by atoms with van der Waals surface area (Å²) in [6.07, 6.45) is 4.60. The van der Waals surface area contributed by atoms with Gasteiger partial charge in [0, 0.05) is 5.02 Å². The van der Waals surface area contributed by atoms with Crippen molar-refractivity contribution in [3.63, 3.8) is 0 Å². The first-order chi connectivity index (χ1) is 8.60. The van der Waals surface area contributed by atoms with E-state index in [-0.39, 0.29) is 5.75 Å². The van der Waals surface area contributed by atoms with Crippen LogP contribution in [-0.2, 0) is 16.5 Å². The molecule has 0 saturated heterocycles. The molecule has 1 saturated carbocycles. The van der Waals surface area contributed by atoms with Crippen LogP contribution in [0.3, 0.4) is 0 Å². The summed E-state index contributed by atoms with van der Waals surface area (Å²) in [7, 11) is -2.42. The molecule has 1 aromatic carbocycles. The summed E-state index contributed by atoms with van der Waals surface area (Å²) in [5.41, 5.74) is 1.93. The smallest absolute Gasteiger partial charge is 0.144 e. The molecular weight excluding hydrogens is 268 g/mol. The number of halogens is 1. The zero-order valence-corrected chi connectivity index (χ0v) is 11.9. The average Bonchev–Trinajstić information content (AvgIpc) is 2.80. The van der Waals surface area contributed by atoms with Crippen molar-refractivity contribution in [2.75, 3.05) is 0 Å². The lowest BCUT2D eigenvalue weighted by molar-refractivity contribution is 0.545. The summed E-state index contributed by atoms with van der Waals surface area (Å²) < 4.78 is 21.4. The van der Waals surface area contributed by atoms with E-state index < -0.39 is 10.7 Å². The van der Waals surface area contributed by atoms with E-state index in [0.717, 1.165) is 12.3 Å². The molecule has 0 heterocycles. The van der Waals surface area contributed by atoms with Crippen molar-refractivity contribution in [1.29, 1.82) is 0 Å². The first-order valence-corrected chi connectivity index (χ1v) is 8.03. The highest BCUT2D eigenvalue weighted by Gasteiger charge is 2.24. The van der Waals surface area contributed by atoms with Crippen molar-refractivity contribution in [1.82, 2.24) is 0 Å². The Hall–Kier alpha value is -0.540. The minimum absolute atomic E-state index is 0.0284. The monoisotopic (exact) mass is 285 g/mol. The summed E-state index contributed by atoms with van der Waals surface area (Å²) in [5.74, 6) is 1.31. The Balaban J connectivity index is 2.14. The zero-order chi connectivity index (χ0) is 13.1. The molecule has 0 spiro atoms. The lowest BCUT2D eigenvalue weighted by Gasteiger charge is -2.12. The lowest BCUT2D eigenvalue weighted by Crippen LogP contribution is -1.97. The Labute approximate surface area is 115 Å². The molecule has 1 aromatic rings. The predicted octanol–water partition coefficient (Wildman–Crippen LogP) is 3.56. The third-order valence-corrected chi connectivity index (χ3v) is 4.75. The molecule has 0 aromatic heterocycles. The maximum Gasteiger partial charge on any atom is 0.144 e. The van der Waals surface area contributed by atoms with E-state index in [1.54, 1.807) is 0 Å². The van der Waals surface area contributed by atoms with E-state index in [1.807, 2.05) is 18.2 Å². The van der Waals surface area contributed by atoms with Gasteiger partial charge in [0.25, 0.3) is 0 Å². The Bertz CT molecular complexity index is 489. The summed E-state index contributed by atoms with van der Waals surface area (Å²) >= 11 is 6.14. The number of hydrogen-bond donors (Lipinski definition) is 1. The van der Waals surface area contributed by atoms with Gasteiger partial charge in [-0.15, -0.1) is 0 Å². The number of rotatable bonds is 4. The van der Waals surface area contributed by atoms with E-state index in [0.29, 0.717) is 16.5 Å². The summed E-state index contributed by atoms with van der Waals surface area (Å²) in [5, 5.41) is 0.574. The van der Waals surface area contributed by atoms with Gasteiger partial charge in [-0.3, -0.25) is 0 Å². The van der Waals surface area contributed by atoms with Gasteiger partial charge < -0.3 is 0 Å². The van der Waals surface area contributed by atoms with Crippen molar-refractivity contribution < 1.29 is 8.42 Å². The van der Waals surface area contributed by atoms with Gasteiger partial charge >= 0.3 is 0 Å². The van der Waals surface area contributed by atoms with Crippen molar-refractivity contribution in [3.8, 4) is 0 Å². The second-order valence-corrected chi connectivity index (χ2v) is 6.40. The molecule has 0 bridgehead atoms. The molecular formula is C14H18ClO2S. The Morgan fingerprint density at radius 3 is 2.67 bits per heavy atom. The van der Waals surface area contributed by atoms with Gasteiger partial charge in [0.2, 0.25) is 0 Å². The minimum Gasteiger partial charge on any atom is -0.232 e. The highest BCUT2D eigenvalue weighted by Crippen LogP contribution is 2.40. The molecule has 0 N–H and O–H groups in total. The van der Waals surface area contributed by atoms with Crippen LogP contribution in [0.1, 0.15) is 42.7 Å². The van der Waals surface area contributed by atoms with Gasteiger partial charge in [0.15, 0.2) is 0 Å². The molecule has 2 nitrogen and oxygen atoms in total.